The van der Waals surface area contributed by atoms with Gasteiger partial charge in [-0.05, 0) is 48.6 Å². The summed E-state index contributed by atoms with van der Waals surface area (Å²) >= 11 is 0. The maximum Gasteiger partial charge on any atom is 0.323 e. The van der Waals surface area contributed by atoms with Gasteiger partial charge in [-0.2, -0.15) is 0 Å². The van der Waals surface area contributed by atoms with Crippen LogP contribution in [0, 0.1) is 6.92 Å². The second kappa shape index (κ2) is 5.99. The fraction of sp³-hybridized carbons (Fsp3) is 0.250. The van der Waals surface area contributed by atoms with E-state index in [2.05, 4.69) is 0 Å². The molecule has 1 aromatic heterocycles. The van der Waals surface area contributed by atoms with Crippen LogP contribution in [-0.2, 0) is 34.0 Å². The number of nitrogens with zero attached hydrogens (tertiary/aromatic N) is 1. The minimum Gasteiger partial charge on any atom is -0.480 e. The summed E-state index contributed by atoms with van der Waals surface area (Å²) in [7, 11) is -3.12. The van der Waals surface area contributed by atoms with Crippen molar-refractivity contribution in [2.24, 2.45) is 0 Å². The van der Waals surface area contributed by atoms with Crippen LogP contribution in [0.5, 0.6) is 0 Å². The SMILES string of the molecule is Cc1c(Cc2ccc3c(c2)CCS3(=O)=O)c2ccccc2n1CC(=O)O. The van der Waals surface area contributed by atoms with Crippen LogP contribution in [0.1, 0.15) is 22.4 Å². The molecule has 4 rings (SSSR count). The lowest BCUT2D eigenvalue weighted by Crippen LogP contribution is -2.10. The summed E-state index contributed by atoms with van der Waals surface area (Å²) in [6, 6.07) is 13.3. The van der Waals surface area contributed by atoms with E-state index in [1.165, 1.54) is 0 Å². The summed E-state index contributed by atoms with van der Waals surface area (Å²) in [5.41, 5.74) is 4.85. The molecule has 0 atom stereocenters. The molecule has 0 spiro atoms. The van der Waals surface area contributed by atoms with Crippen LogP contribution in [0.25, 0.3) is 10.9 Å². The molecule has 0 unspecified atom stereocenters. The van der Waals surface area contributed by atoms with Gasteiger partial charge in [0.25, 0.3) is 0 Å². The highest BCUT2D eigenvalue weighted by Crippen LogP contribution is 2.31. The number of hydrogen-bond donors (Lipinski definition) is 1. The highest BCUT2D eigenvalue weighted by Gasteiger charge is 2.26. The van der Waals surface area contributed by atoms with Crippen LogP contribution >= 0.6 is 0 Å². The van der Waals surface area contributed by atoms with Gasteiger partial charge in [0.05, 0.1) is 10.6 Å². The highest BCUT2D eigenvalue weighted by molar-refractivity contribution is 7.91. The van der Waals surface area contributed by atoms with E-state index in [0.717, 1.165) is 33.3 Å². The summed E-state index contributed by atoms with van der Waals surface area (Å²) in [5, 5.41) is 10.3. The van der Waals surface area contributed by atoms with Gasteiger partial charge >= 0.3 is 5.97 Å². The molecule has 3 aromatic rings. The summed E-state index contributed by atoms with van der Waals surface area (Å²) < 4.78 is 25.8. The van der Waals surface area contributed by atoms with Gasteiger partial charge in [-0.25, -0.2) is 8.42 Å². The van der Waals surface area contributed by atoms with Crippen LogP contribution < -0.4 is 0 Å². The van der Waals surface area contributed by atoms with E-state index in [4.69, 9.17) is 0 Å². The number of carbonyl (C=O) groups is 1. The predicted octanol–water partition coefficient (Wildman–Crippen LogP) is 2.95. The van der Waals surface area contributed by atoms with Gasteiger partial charge in [-0.1, -0.05) is 30.3 Å². The largest absolute Gasteiger partial charge is 0.480 e. The van der Waals surface area contributed by atoms with E-state index in [9.17, 15) is 18.3 Å². The molecule has 1 aliphatic rings. The fourth-order valence-electron chi connectivity index (χ4n) is 3.86. The number of sulfone groups is 1. The van der Waals surface area contributed by atoms with Crippen molar-refractivity contribution < 1.29 is 18.3 Å². The molecular formula is C20H19NO4S. The standard InChI is InChI=1S/C20H19NO4S/c1-13-17(16-4-2-3-5-18(16)21(13)12-20(22)23)11-14-6-7-19-15(10-14)8-9-26(19,24)25/h2-7,10H,8-9,11-12H2,1H3,(H,22,23). The van der Waals surface area contributed by atoms with Crippen molar-refractivity contribution in [3.63, 3.8) is 0 Å². The van der Waals surface area contributed by atoms with Gasteiger partial charge < -0.3 is 9.67 Å². The van der Waals surface area contributed by atoms with Crippen molar-refractivity contribution in [2.75, 3.05) is 5.75 Å². The van der Waals surface area contributed by atoms with E-state index in [0.29, 0.717) is 17.7 Å². The summed E-state index contributed by atoms with van der Waals surface area (Å²) in [5.74, 6) is -0.689. The number of benzene rings is 2. The fourth-order valence-corrected chi connectivity index (χ4v) is 5.41. The quantitative estimate of drug-likeness (QED) is 0.767. The lowest BCUT2D eigenvalue weighted by atomic mass is 10.00. The Morgan fingerprint density at radius 3 is 2.73 bits per heavy atom. The molecule has 0 saturated heterocycles. The number of aryl methyl sites for hydroxylation is 1. The molecule has 2 aromatic carbocycles. The Morgan fingerprint density at radius 1 is 1.19 bits per heavy atom. The number of fused-ring (bicyclic) bond motifs is 2. The molecule has 0 saturated carbocycles. The van der Waals surface area contributed by atoms with Gasteiger partial charge in [0, 0.05) is 16.6 Å². The molecule has 0 bridgehead atoms. The molecule has 134 valence electrons. The molecule has 26 heavy (non-hydrogen) atoms. The second-order valence-corrected chi connectivity index (χ2v) is 8.83. The minimum absolute atomic E-state index is 0.0746. The number of para-hydroxylation sites is 1. The lowest BCUT2D eigenvalue weighted by Gasteiger charge is -2.07. The van der Waals surface area contributed by atoms with Crippen LogP contribution in [0.4, 0.5) is 0 Å². The van der Waals surface area contributed by atoms with Gasteiger partial charge in [-0.15, -0.1) is 0 Å². The summed E-state index contributed by atoms with van der Waals surface area (Å²) in [6.45, 7) is 1.87. The molecular weight excluding hydrogens is 350 g/mol. The molecule has 1 aliphatic heterocycles. The first-order chi connectivity index (χ1) is 12.4. The van der Waals surface area contributed by atoms with Crippen molar-refractivity contribution in [2.45, 2.75) is 31.2 Å². The molecule has 0 fully saturated rings. The van der Waals surface area contributed by atoms with Gasteiger partial charge in [0.2, 0.25) is 0 Å². The second-order valence-electron chi connectivity index (χ2n) is 6.75. The number of rotatable bonds is 4. The normalized spacial score (nSPS) is 15.3. The Balaban J connectivity index is 1.79. The van der Waals surface area contributed by atoms with Gasteiger partial charge in [0.1, 0.15) is 6.54 Å². The van der Waals surface area contributed by atoms with Crippen LogP contribution in [0.3, 0.4) is 0 Å². The molecule has 5 nitrogen and oxygen atoms in total. The Kier molecular flexibility index (Phi) is 3.88. The van der Waals surface area contributed by atoms with Crippen molar-refractivity contribution >= 4 is 26.7 Å². The Hall–Kier alpha value is -2.60. The molecule has 0 radical (unpaired) electrons. The number of carboxylic acids is 1. The van der Waals surface area contributed by atoms with Crippen LogP contribution in [0.15, 0.2) is 47.4 Å². The molecule has 6 heteroatoms. The highest BCUT2D eigenvalue weighted by atomic mass is 32.2. The first kappa shape index (κ1) is 16.8. The number of aromatic nitrogens is 1. The topological polar surface area (TPSA) is 76.4 Å². The van der Waals surface area contributed by atoms with Crippen molar-refractivity contribution in [1.29, 1.82) is 0 Å². The van der Waals surface area contributed by atoms with E-state index in [-0.39, 0.29) is 12.3 Å². The lowest BCUT2D eigenvalue weighted by molar-refractivity contribution is -0.137. The summed E-state index contributed by atoms with van der Waals surface area (Å²) in [6.07, 6.45) is 1.21. The molecule has 2 heterocycles. The zero-order chi connectivity index (χ0) is 18.5. The zero-order valence-electron chi connectivity index (χ0n) is 14.4. The number of hydrogen-bond acceptors (Lipinski definition) is 3. The Morgan fingerprint density at radius 2 is 1.96 bits per heavy atom. The van der Waals surface area contributed by atoms with Crippen molar-refractivity contribution in [1.82, 2.24) is 4.57 Å². The average Bonchev–Trinajstić information content (AvgIpc) is 3.04. The van der Waals surface area contributed by atoms with Crippen molar-refractivity contribution in [3.05, 3.63) is 64.8 Å². The maximum absolute atomic E-state index is 12.0. The monoisotopic (exact) mass is 369 g/mol. The predicted molar refractivity (Wildman–Crippen MR) is 99.3 cm³/mol. The molecule has 0 aliphatic carbocycles. The molecule has 0 amide bonds. The third-order valence-electron chi connectivity index (χ3n) is 5.14. The van der Waals surface area contributed by atoms with E-state index in [1.54, 1.807) is 6.07 Å². The van der Waals surface area contributed by atoms with Crippen LogP contribution in [-0.4, -0.2) is 29.8 Å². The van der Waals surface area contributed by atoms with Crippen LogP contribution in [0.2, 0.25) is 0 Å². The van der Waals surface area contributed by atoms with E-state index < -0.39 is 15.8 Å². The minimum atomic E-state index is -3.12. The third kappa shape index (κ3) is 2.70. The van der Waals surface area contributed by atoms with Crippen molar-refractivity contribution in [3.8, 4) is 0 Å². The first-order valence-electron chi connectivity index (χ1n) is 8.50. The number of aliphatic carboxylic acids is 1. The first-order valence-corrected chi connectivity index (χ1v) is 10.1. The number of carboxylic acid groups (broad SMARTS) is 1. The van der Waals surface area contributed by atoms with E-state index in [1.807, 2.05) is 47.9 Å². The molecule has 1 N–H and O–H groups in total. The smallest absolute Gasteiger partial charge is 0.323 e. The maximum atomic E-state index is 12.0. The third-order valence-corrected chi connectivity index (χ3v) is 6.95. The average molecular weight is 369 g/mol. The Bertz CT molecular complexity index is 1140. The van der Waals surface area contributed by atoms with Gasteiger partial charge in [0.15, 0.2) is 9.84 Å². The van der Waals surface area contributed by atoms with Gasteiger partial charge in [-0.3, -0.25) is 4.79 Å². The zero-order valence-corrected chi connectivity index (χ0v) is 15.2. The van der Waals surface area contributed by atoms with E-state index >= 15 is 0 Å². The Labute approximate surface area is 151 Å². The summed E-state index contributed by atoms with van der Waals surface area (Å²) in [4.78, 5) is 11.7.